The lowest BCUT2D eigenvalue weighted by molar-refractivity contribution is 0.318. The Hall–Kier alpha value is -1.90. The quantitative estimate of drug-likeness (QED) is 0.336. The summed E-state index contributed by atoms with van der Waals surface area (Å²) in [5.74, 6) is 0.0104. The summed E-state index contributed by atoms with van der Waals surface area (Å²) in [5, 5.41) is 11.5. The lowest BCUT2D eigenvalue weighted by Gasteiger charge is -2.06. The van der Waals surface area contributed by atoms with Crippen LogP contribution in [0.25, 0.3) is 0 Å². The molecule has 21 heavy (non-hydrogen) atoms. The molecule has 8 heteroatoms. The van der Waals surface area contributed by atoms with Gasteiger partial charge in [-0.15, -0.1) is 11.3 Å². The molecule has 1 aromatic carbocycles. The maximum Gasteiger partial charge on any atom is 0.250 e. The van der Waals surface area contributed by atoms with Crippen LogP contribution in [0.15, 0.2) is 45.8 Å². The highest BCUT2D eigenvalue weighted by atomic mass is 32.2. The van der Waals surface area contributed by atoms with Crippen molar-refractivity contribution in [1.29, 1.82) is 0 Å². The van der Waals surface area contributed by atoms with Crippen LogP contribution in [0.4, 0.5) is 0 Å². The van der Waals surface area contributed by atoms with Crippen LogP contribution in [0.3, 0.4) is 0 Å². The number of aryl methyl sites for hydroxylation is 1. The largest absolute Gasteiger partial charge is 0.409 e. The minimum absolute atomic E-state index is 0.0104. The molecular weight excluding hydrogens is 310 g/mol. The molecule has 0 saturated heterocycles. The monoisotopic (exact) mass is 325 g/mol. The van der Waals surface area contributed by atoms with Crippen molar-refractivity contribution in [3.63, 3.8) is 0 Å². The SMILES string of the molecule is Cc1ccc(S(=O)(=O)NCc2ccc(C(N)=NO)cc2)s1. The molecule has 0 unspecified atom stereocenters. The zero-order chi connectivity index (χ0) is 15.5. The van der Waals surface area contributed by atoms with Crippen molar-refractivity contribution in [2.75, 3.05) is 0 Å². The number of nitrogens with one attached hydrogen (secondary N) is 1. The number of sulfonamides is 1. The van der Waals surface area contributed by atoms with Crippen molar-refractivity contribution in [2.45, 2.75) is 17.7 Å². The summed E-state index contributed by atoms with van der Waals surface area (Å²) < 4.78 is 27.0. The van der Waals surface area contributed by atoms with E-state index in [-0.39, 0.29) is 12.4 Å². The van der Waals surface area contributed by atoms with Crippen molar-refractivity contribution in [3.05, 3.63) is 52.4 Å². The molecule has 0 radical (unpaired) electrons. The van der Waals surface area contributed by atoms with Gasteiger partial charge < -0.3 is 10.9 Å². The Bertz CT molecular complexity index is 749. The highest BCUT2D eigenvalue weighted by Gasteiger charge is 2.15. The second kappa shape index (κ2) is 6.25. The van der Waals surface area contributed by atoms with E-state index in [0.29, 0.717) is 9.77 Å². The van der Waals surface area contributed by atoms with Crippen LogP contribution < -0.4 is 10.5 Å². The molecule has 0 bridgehead atoms. The van der Waals surface area contributed by atoms with Gasteiger partial charge in [-0.2, -0.15) is 0 Å². The maximum absolute atomic E-state index is 12.1. The first-order valence-corrected chi connectivity index (χ1v) is 8.35. The molecule has 0 aliphatic heterocycles. The van der Waals surface area contributed by atoms with Crippen molar-refractivity contribution >= 4 is 27.2 Å². The van der Waals surface area contributed by atoms with Crippen LogP contribution in [0.1, 0.15) is 16.0 Å². The Labute approximate surface area is 127 Å². The van der Waals surface area contributed by atoms with Gasteiger partial charge in [0.05, 0.1) is 0 Å². The van der Waals surface area contributed by atoms with Gasteiger partial charge in [0.25, 0.3) is 0 Å². The maximum atomic E-state index is 12.1. The predicted molar refractivity (Wildman–Crippen MR) is 82.0 cm³/mol. The minimum atomic E-state index is -3.49. The molecule has 0 aliphatic rings. The Kier molecular flexibility index (Phi) is 4.61. The highest BCUT2D eigenvalue weighted by Crippen LogP contribution is 2.20. The zero-order valence-electron chi connectivity index (χ0n) is 11.3. The fourth-order valence-corrected chi connectivity index (χ4v) is 4.00. The molecule has 6 nitrogen and oxygen atoms in total. The zero-order valence-corrected chi connectivity index (χ0v) is 12.9. The van der Waals surface area contributed by atoms with Gasteiger partial charge in [-0.3, -0.25) is 0 Å². The van der Waals surface area contributed by atoms with Crippen LogP contribution in [0.2, 0.25) is 0 Å². The van der Waals surface area contributed by atoms with E-state index in [1.165, 1.54) is 11.3 Å². The van der Waals surface area contributed by atoms with Crippen molar-refractivity contribution in [2.24, 2.45) is 10.9 Å². The Morgan fingerprint density at radius 3 is 2.48 bits per heavy atom. The third-order valence-corrected chi connectivity index (χ3v) is 5.70. The third-order valence-electron chi connectivity index (χ3n) is 2.80. The number of oxime groups is 1. The molecule has 4 N–H and O–H groups in total. The smallest absolute Gasteiger partial charge is 0.250 e. The molecule has 0 aliphatic carbocycles. The number of rotatable bonds is 5. The summed E-state index contributed by atoms with van der Waals surface area (Å²) >= 11 is 1.23. The fourth-order valence-electron chi connectivity index (χ4n) is 1.66. The van der Waals surface area contributed by atoms with Gasteiger partial charge in [-0.1, -0.05) is 29.4 Å². The number of thiophene rings is 1. The normalized spacial score (nSPS) is 12.5. The number of amidine groups is 1. The van der Waals surface area contributed by atoms with Gasteiger partial charge >= 0.3 is 0 Å². The summed E-state index contributed by atoms with van der Waals surface area (Å²) in [5.41, 5.74) is 6.80. The van der Waals surface area contributed by atoms with E-state index in [0.717, 1.165) is 10.4 Å². The molecule has 1 heterocycles. The number of hydrogen-bond donors (Lipinski definition) is 3. The van der Waals surface area contributed by atoms with E-state index in [2.05, 4.69) is 9.88 Å². The number of nitrogens with two attached hydrogens (primary N) is 1. The van der Waals surface area contributed by atoms with Crippen molar-refractivity contribution in [3.8, 4) is 0 Å². The molecule has 112 valence electrons. The highest BCUT2D eigenvalue weighted by molar-refractivity contribution is 7.91. The van der Waals surface area contributed by atoms with Gasteiger partial charge in [0.15, 0.2) is 5.84 Å². The van der Waals surface area contributed by atoms with Gasteiger partial charge in [0.1, 0.15) is 4.21 Å². The molecule has 0 saturated carbocycles. The lowest BCUT2D eigenvalue weighted by atomic mass is 10.1. The average molecular weight is 325 g/mol. The van der Waals surface area contributed by atoms with Crippen molar-refractivity contribution < 1.29 is 13.6 Å². The fraction of sp³-hybridized carbons (Fsp3) is 0.154. The third kappa shape index (κ3) is 3.81. The van der Waals surface area contributed by atoms with E-state index in [9.17, 15) is 8.42 Å². The molecular formula is C13H15N3O3S2. The first-order chi connectivity index (χ1) is 9.92. The standard InChI is InChI=1S/C13H15N3O3S2/c1-9-2-7-12(20-9)21(18,19)15-8-10-3-5-11(6-4-10)13(14)16-17/h2-7,15,17H,8H2,1H3,(H2,14,16). The van der Waals surface area contributed by atoms with E-state index in [1.54, 1.807) is 36.4 Å². The minimum Gasteiger partial charge on any atom is -0.409 e. The average Bonchev–Trinajstić information content (AvgIpc) is 2.92. The summed E-state index contributed by atoms with van der Waals surface area (Å²) in [6, 6.07) is 10.1. The molecule has 1 aromatic heterocycles. The Morgan fingerprint density at radius 2 is 1.95 bits per heavy atom. The van der Waals surface area contributed by atoms with Crippen LogP contribution in [0.5, 0.6) is 0 Å². The molecule has 0 amide bonds. The number of benzene rings is 1. The topological polar surface area (TPSA) is 105 Å². The molecule has 0 atom stereocenters. The van der Waals surface area contributed by atoms with E-state index >= 15 is 0 Å². The lowest BCUT2D eigenvalue weighted by Crippen LogP contribution is -2.22. The van der Waals surface area contributed by atoms with E-state index in [4.69, 9.17) is 10.9 Å². The molecule has 0 fully saturated rings. The van der Waals surface area contributed by atoms with Gasteiger partial charge in [0.2, 0.25) is 10.0 Å². The molecule has 0 spiro atoms. The van der Waals surface area contributed by atoms with Gasteiger partial charge in [-0.05, 0) is 24.6 Å². The number of hydrogen-bond acceptors (Lipinski definition) is 5. The first kappa shape index (κ1) is 15.5. The summed E-state index contributed by atoms with van der Waals surface area (Å²) in [6.45, 7) is 2.03. The van der Waals surface area contributed by atoms with Crippen LogP contribution in [-0.4, -0.2) is 19.5 Å². The van der Waals surface area contributed by atoms with E-state index in [1.807, 2.05) is 6.92 Å². The number of nitrogens with zero attached hydrogens (tertiary/aromatic N) is 1. The second-order valence-electron chi connectivity index (χ2n) is 4.37. The van der Waals surface area contributed by atoms with Gasteiger partial charge in [0, 0.05) is 17.0 Å². The summed E-state index contributed by atoms with van der Waals surface area (Å²) in [7, 11) is -3.49. The van der Waals surface area contributed by atoms with E-state index < -0.39 is 10.0 Å². The Morgan fingerprint density at radius 1 is 1.29 bits per heavy atom. The Balaban J connectivity index is 2.06. The summed E-state index contributed by atoms with van der Waals surface area (Å²) in [6.07, 6.45) is 0. The van der Waals surface area contributed by atoms with Crippen molar-refractivity contribution in [1.82, 2.24) is 4.72 Å². The van der Waals surface area contributed by atoms with Crippen LogP contribution >= 0.6 is 11.3 Å². The van der Waals surface area contributed by atoms with Gasteiger partial charge in [-0.25, -0.2) is 13.1 Å². The molecule has 2 rings (SSSR count). The second-order valence-corrected chi connectivity index (χ2v) is 7.65. The van der Waals surface area contributed by atoms with Crippen LogP contribution in [0, 0.1) is 6.92 Å². The summed E-state index contributed by atoms with van der Waals surface area (Å²) in [4.78, 5) is 0.943. The molecule has 2 aromatic rings. The first-order valence-electron chi connectivity index (χ1n) is 6.05. The van der Waals surface area contributed by atoms with Crippen LogP contribution in [-0.2, 0) is 16.6 Å². The predicted octanol–water partition coefficient (Wildman–Crippen LogP) is 1.63.